The number of hydrogen-bond donors (Lipinski definition) is 0. The predicted octanol–water partition coefficient (Wildman–Crippen LogP) is 2.03. The third-order valence-corrected chi connectivity index (χ3v) is 3.01. The topological polar surface area (TPSA) is 35.5 Å². The molecule has 16 heavy (non-hydrogen) atoms. The Hall–Kier alpha value is -1.45. The molecule has 0 radical (unpaired) electrons. The SMILES string of the molecule is O=C1C=CCC2(OCCO2)c2ccccc21. The molecule has 0 N–H and O–H groups in total. The molecule has 82 valence electrons. The Morgan fingerprint density at radius 1 is 1.12 bits per heavy atom. The fourth-order valence-corrected chi connectivity index (χ4v) is 2.28. The van der Waals surface area contributed by atoms with E-state index in [1.54, 1.807) is 6.08 Å². The van der Waals surface area contributed by atoms with Gasteiger partial charge in [-0.1, -0.05) is 30.3 Å². The van der Waals surface area contributed by atoms with E-state index in [2.05, 4.69) is 0 Å². The first kappa shape index (κ1) is 9.75. The zero-order valence-corrected chi connectivity index (χ0v) is 8.81. The van der Waals surface area contributed by atoms with Gasteiger partial charge in [-0.15, -0.1) is 0 Å². The van der Waals surface area contributed by atoms with Crippen LogP contribution in [0.5, 0.6) is 0 Å². The summed E-state index contributed by atoms with van der Waals surface area (Å²) in [6.45, 7) is 1.16. The largest absolute Gasteiger partial charge is 0.343 e. The highest BCUT2D eigenvalue weighted by atomic mass is 16.7. The number of ketones is 1. The van der Waals surface area contributed by atoms with Crippen LogP contribution in [0.1, 0.15) is 22.3 Å². The van der Waals surface area contributed by atoms with E-state index in [0.29, 0.717) is 25.2 Å². The van der Waals surface area contributed by atoms with Crippen LogP contribution in [-0.4, -0.2) is 19.0 Å². The van der Waals surface area contributed by atoms with Crippen LogP contribution in [0.3, 0.4) is 0 Å². The average molecular weight is 216 g/mol. The second-order valence-corrected chi connectivity index (χ2v) is 3.97. The van der Waals surface area contributed by atoms with Crippen LogP contribution in [-0.2, 0) is 15.3 Å². The normalized spacial score (nSPS) is 22.1. The molecule has 1 aromatic rings. The first-order valence-corrected chi connectivity index (χ1v) is 5.40. The molecular weight excluding hydrogens is 204 g/mol. The minimum absolute atomic E-state index is 0.0200. The van der Waals surface area contributed by atoms with Gasteiger partial charge in [-0.25, -0.2) is 0 Å². The molecule has 0 saturated carbocycles. The van der Waals surface area contributed by atoms with Crippen LogP contribution in [0, 0.1) is 0 Å². The Morgan fingerprint density at radius 3 is 2.69 bits per heavy atom. The van der Waals surface area contributed by atoms with E-state index in [9.17, 15) is 4.79 Å². The van der Waals surface area contributed by atoms with Crippen molar-refractivity contribution in [2.45, 2.75) is 12.2 Å². The maximum atomic E-state index is 11.8. The Morgan fingerprint density at radius 2 is 1.88 bits per heavy atom. The van der Waals surface area contributed by atoms with Gasteiger partial charge in [-0.2, -0.15) is 0 Å². The first-order chi connectivity index (χ1) is 7.82. The molecule has 0 amide bonds. The summed E-state index contributed by atoms with van der Waals surface area (Å²) < 4.78 is 11.4. The van der Waals surface area contributed by atoms with E-state index in [1.165, 1.54) is 0 Å². The van der Waals surface area contributed by atoms with Gasteiger partial charge in [-0.05, 0) is 6.08 Å². The molecular formula is C13H12O3. The van der Waals surface area contributed by atoms with Crippen LogP contribution >= 0.6 is 0 Å². The van der Waals surface area contributed by atoms with Crippen LogP contribution in [0.15, 0.2) is 36.4 Å². The molecule has 1 fully saturated rings. The van der Waals surface area contributed by atoms with Crippen molar-refractivity contribution in [2.75, 3.05) is 13.2 Å². The van der Waals surface area contributed by atoms with E-state index >= 15 is 0 Å². The van der Waals surface area contributed by atoms with Crippen molar-refractivity contribution in [3.8, 4) is 0 Å². The smallest absolute Gasteiger partial charge is 0.199 e. The number of fused-ring (bicyclic) bond motifs is 2. The third kappa shape index (κ3) is 1.32. The van der Waals surface area contributed by atoms with E-state index in [-0.39, 0.29) is 5.78 Å². The summed E-state index contributed by atoms with van der Waals surface area (Å²) >= 11 is 0. The first-order valence-electron chi connectivity index (χ1n) is 5.40. The molecule has 1 aliphatic carbocycles. The van der Waals surface area contributed by atoms with Crippen molar-refractivity contribution in [1.82, 2.24) is 0 Å². The lowest BCUT2D eigenvalue weighted by Gasteiger charge is -2.27. The molecule has 3 rings (SSSR count). The average Bonchev–Trinajstić information content (AvgIpc) is 2.73. The molecule has 1 saturated heterocycles. The molecule has 1 aromatic carbocycles. The summed E-state index contributed by atoms with van der Waals surface area (Å²) in [7, 11) is 0. The van der Waals surface area contributed by atoms with E-state index in [1.807, 2.05) is 30.3 Å². The zero-order valence-electron chi connectivity index (χ0n) is 8.81. The quantitative estimate of drug-likeness (QED) is 0.665. The fraction of sp³-hybridized carbons (Fsp3) is 0.308. The van der Waals surface area contributed by atoms with Crippen LogP contribution < -0.4 is 0 Å². The number of carbonyl (C=O) groups excluding carboxylic acids is 1. The molecule has 1 aliphatic heterocycles. The number of hydrogen-bond acceptors (Lipinski definition) is 3. The summed E-state index contributed by atoms with van der Waals surface area (Å²) in [6.07, 6.45) is 4.02. The number of allylic oxidation sites excluding steroid dienone is 1. The number of benzene rings is 1. The monoisotopic (exact) mass is 216 g/mol. The maximum absolute atomic E-state index is 11.8. The van der Waals surface area contributed by atoms with Gasteiger partial charge in [-0.3, -0.25) is 4.79 Å². The van der Waals surface area contributed by atoms with E-state index < -0.39 is 5.79 Å². The van der Waals surface area contributed by atoms with Gasteiger partial charge in [0, 0.05) is 17.5 Å². The second kappa shape index (κ2) is 3.54. The van der Waals surface area contributed by atoms with Gasteiger partial charge < -0.3 is 9.47 Å². The number of carbonyl (C=O) groups is 1. The van der Waals surface area contributed by atoms with Crippen molar-refractivity contribution < 1.29 is 14.3 Å². The number of ether oxygens (including phenoxy) is 2. The van der Waals surface area contributed by atoms with Crippen LogP contribution in [0.2, 0.25) is 0 Å². The Kier molecular flexibility index (Phi) is 2.16. The standard InChI is InChI=1S/C13H12O3/c14-12-6-3-7-13(15-8-9-16-13)11-5-2-1-4-10(11)12/h1-6H,7-9H2. The molecule has 3 nitrogen and oxygen atoms in total. The van der Waals surface area contributed by atoms with Crippen LogP contribution in [0.25, 0.3) is 0 Å². The summed E-state index contributed by atoms with van der Waals surface area (Å²) in [4.78, 5) is 11.8. The molecule has 1 heterocycles. The molecule has 2 aliphatic rings. The minimum atomic E-state index is -0.737. The van der Waals surface area contributed by atoms with E-state index in [4.69, 9.17) is 9.47 Å². The van der Waals surface area contributed by atoms with Crippen molar-refractivity contribution in [3.05, 3.63) is 47.5 Å². The van der Waals surface area contributed by atoms with Crippen molar-refractivity contribution in [2.24, 2.45) is 0 Å². The Bertz CT molecular complexity index is 456. The van der Waals surface area contributed by atoms with Crippen LogP contribution in [0.4, 0.5) is 0 Å². The van der Waals surface area contributed by atoms with Gasteiger partial charge in [0.05, 0.1) is 13.2 Å². The molecule has 1 spiro atoms. The van der Waals surface area contributed by atoms with Gasteiger partial charge in [0.1, 0.15) is 0 Å². The van der Waals surface area contributed by atoms with Crippen molar-refractivity contribution >= 4 is 5.78 Å². The van der Waals surface area contributed by atoms with Crippen molar-refractivity contribution in [3.63, 3.8) is 0 Å². The fourth-order valence-electron chi connectivity index (χ4n) is 2.28. The minimum Gasteiger partial charge on any atom is -0.343 e. The highest BCUT2D eigenvalue weighted by Crippen LogP contribution is 2.38. The lowest BCUT2D eigenvalue weighted by atomic mass is 9.97. The molecule has 0 atom stereocenters. The highest BCUT2D eigenvalue weighted by Gasteiger charge is 2.40. The van der Waals surface area contributed by atoms with Crippen molar-refractivity contribution in [1.29, 1.82) is 0 Å². The summed E-state index contributed by atoms with van der Waals surface area (Å²) in [5.74, 6) is -0.717. The Labute approximate surface area is 93.7 Å². The van der Waals surface area contributed by atoms with Gasteiger partial charge >= 0.3 is 0 Å². The summed E-state index contributed by atoms with van der Waals surface area (Å²) in [5.41, 5.74) is 1.53. The Balaban J connectivity index is 2.19. The molecule has 3 heteroatoms. The molecule has 0 aromatic heterocycles. The second-order valence-electron chi connectivity index (χ2n) is 3.97. The lowest BCUT2D eigenvalue weighted by molar-refractivity contribution is -0.162. The van der Waals surface area contributed by atoms with E-state index in [0.717, 1.165) is 5.56 Å². The summed E-state index contributed by atoms with van der Waals surface area (Å²) in [6, 6.07) is 7.49. The van der Waals surface area contributed by atoms with Gasteiger partial charge in [0.25, 0.3) is 0 Å². The predicted molar refractivity (Wildman–Crippen MR) is 58.1 cm³/mol. The zero-order chi connectivity index (χ0) is 11.0. The van der Waals surface area contributed by atoms with Gasteiger partial charge in [0.2, 0.25) is 0 Å². The maximum Gasteiger partial charge on any atom is 0.199 e. The number of rotatable bonds is 0. The summed E-state index contributed by atoms with van der Waals surface area (Å²) in [5, 5.41) is 0. The van der Waals surface area contributed by atoms with Gasteiger partial charge in [0.15, 0.2) is 11.6 Å². The molecule has 0 bridgehead atoms. The highest BCUT2D eigenvalue weighted by molar-refractivity contribution is 6.06. The third-order valence-electron chi connectivity index (χ3n) is 3.01. The lowest BCUT2D eigenvalue weighted by Crippen LogP contribution is -2.27. The molecule has 0 unspecified atom stereocenters.